The Morgan fingerprint density at radius 3 is 2.70 bits per heavy atom. The van der Waals surface area contributed by atoms with Crippen LogP contribution in [-0.2, 0) is 16.0 Å². The summed E-state index contributed by atoms with van der Waals surface area (Å²) in [6.45, 7) is 0. The minimum Gasteiger partial charge on any atom is -0.363 e. The number of fused-ring (bicyclic) bond motifs is 1. The van der Waals surface area contributed by atoms with E-state index in [1.165, 1.54) is 17.5 Å². The molecule has 3 aromatic heterocycles. The zero-order valence-electron chi connectivity index (χ0n) is 15.7. The molecular weight excluding hydrogens is 402 g/mol. The molecule has 3 heterocycles. The molecule has 0 saturated heterocycles. The van der Waals surface area contributed by atoms with E-state index in [1.54, 1.807) is 24.4 Å². The summed E-state index contributed by atoms with van der Waals surface area (Å²) in [5.74, 6) is -2.51. The number of amides is 2. The first-order chi connectivity index (χ1) is 14.5. The molecule has 0 aliphatic carbocycles. The molecule has 8 nitrogen and oxygen atoms in total. The predicted molar refractivity (Wildman–Crippen MR) is 113 cm³/mol. The first-order valence-corrected chi connectivity index (χ1v) is 9.97. The second kappa shape index (κ2) is 8.26. The van der Waals surface area contributed by atoms with E-state index < -0.39 is 23.6 Å². The minimum atomic E-state index is -1.10. The van der Waals surface area contributed by atoms with E-state index in [-0.39, 0.29) is 12.0 Å². The molecule has 4 rings (SSSR count). The van der Waals surface area contributed by atoms with E-state index in [9.17, 15) is 14.4 Å². The molecule has 0 fully saturated rings. The summed E-state index contributed by atoms with van der Waals surface area (Å²) in [5.41, 5.74) is 7.15. The number of hydrogen-bond acceptors (Lipinski definition) is 6. The fraction of sp³-hybridized carbons (Fsp3) is 0.0952. The molecule has 9 heteroatoms. The van der Waals surface area contributed by atoms with Crippen molar-refractivity contribution in [3.63, 3.8) is 0 Å². The van der Waals surface area contributed by atoms with Gasteiger partial charge in [0.2, 0.25) is 5.78 Å². The average molecular weight is 419 g/mol. The number of nitrogens with two attached hydrogens (primary N) is 1. The van der Waals surface area contributed by atoms with Crippen molar-refractivity contribution in [1.29, 1.82) is 0 Å². The lowest BCUT2D eigenvalue weighted by Gasteiger charge is -2.16. The number of aromatic amines is 1. The number of hydrogen-bond donors (Lipinski definition) is 3. The van der Waals surface area contributed by atoms with Crippen LogP contribution in [-0.4, -0.2) is 38.8 Å². The second-order valence-corrected chi connectivity index (χ2v) is 7.49. The molecule has 4 aromatic rings. The van der Waals surface area contributed by atoms with Crippen molar-refractivity contribution in [2.45, 2.75) is 12.5 Å². The summed E-state index contributed by atoms with van der Waals surface area (Å²) in [7, 11) is 0. The lowest BCUT2D eigenvalue weighted by molar-refractivity contribution is -0.137. The van der Waals surface area contributed by atoms with Gasteiger partial charge in [0.25, 0.3) is 11.8 Å². The van der Waals surface area contributed by atoms with Crippen LogP contribution in [0.4, 0.5) is 0 Å². The van der Waals surface area contributed by atoms with Gasteiger partial charge in [-0.25, -0.2) is 0 Å². The summed E-state index contributed by atoms with van der Waals surface area (Å²) < 4.78 is 1.05. The number of Topliss-reactive ketones (excluding diaryl/α,β-unsaturated/α-hetero) is 1. The normalized spacial score (nSPS) is 11.9. The van der Waals surface area contributed by atoms with Crippen molar-refractivity contribution in [1.82, 2.24) is 20.5 Å². The van der Waals surface area contributed by atoms with Crippen LogP contribution in [0.15, 0.2) is 60.2 Å². The fourth-order valence-corrected chi connectivity index (χ4v) is 4.16. The van der Waals surface area contributed by atoms with Crippen molar-refractivity contribution >= 4 is 39.0 Å². The summed E-state index contributed by atoms with van der Waals surface area (Å²) in [6.07, 6.45) is 3.16. The first-order valence-electron chi connectivity index (χ1n) is 9.09. The van der Waals surface area contributed by atoms with Crippen molar-refractivity contribution in [2.24, 2.45) is 5.73 Å². The maximum atomic E-state index is 12.9. The quantitative estimate of drug-likeness (QED) is 0.395. The van der Waals surface area contributed by atoms with Gasteiger partial charge in [-0.2, -0.15) is 5.10 Å². The van der Waals surface area contributed by atoms with Gasteiger partial charge in [-0.3, -0.25) is 24.5 Å². The third-order valence-corrected chi connectivity index (χ3v) is 5.65. The highest BCUT2D eigenvalue weighted by Gasteiger charge is 2.28. The average Bonchev–Trinajstić information content (AvgIpc) is 3.41. The van der Waals surface area contributed by atoms with Crippen LogP contribution < -0.4 is 11.1 Å². The highest BCUT2D eigenvalue weighted by atomic mass is 32.1. The van der Waals surface area contributed by atoms with Gasteiger partial charge in [0.1, 0.15) is 11.7 Å². The number of H-pyrrole nitrogens is 1. The van der Waals surface area contributed by atoms with Crippen LogP contribution in [0.2, 0.25) is 0 Å². The Labute approximate surface area is 175 Å². The number of thiophene rings is 1. The van der Waals surface area contributed by atoms with Gasteiger partial charge in [-0.05, 0) is 34.5 Å². The van der Waals surface area contributed by atoms with Gasteiger partial charge >= 0.3 is 0 Å². The monoisotopic (exact) mass is 419 g/mol. The number of benzene rings is 1. The Morgan fingerprint density at radius 1 is 1.13 bits per heavy atom. The first kappa shape index (κ1) is 19.5. The third-order valence-electron chi connectivity index (χ3n) is 4.64. The topological polar surface area (TPSA) is 131 Å². The molecule has 1 aromatic carbocycles. The van der Waals surface area contributed by atoms with Crippen LogP contribution in [0.5, 0.6) is 0 Å². The van der Waals surface area contributed by atoms with Gasteiger partial charge in [0.05, 0.1) is 11.3 Å². The number of ketones is 1. The predicted octanol–water partition coefficient (Wildman–Crippen LogP) is 2.08. The van der Waals surface area contributed by atoms with E-state index in [2.05, 4.69) is 20.5 Å². The number of primary amides is 1. The maximum absolute atomic E-state index is 12.9. The van der Waals surface area contributed by atoms with E-state index in [0.29, 0.717) is 11.4 Å². The number of carbonyl (C=O) groups excluding carboxylic acids is 3. The molecule has 2 amide bonds. The highest BCUT2D eigenvalue weighted by molar-refractivity contribution is 7.17. The van der Waals surface area contributed by atoms with Crippen LogP contribution in [0.1, 0.15) is 15.9 Å². The van der Waals surface area contributed by atoms with E-state index in [4.69, 9.17) is 5.73 Å². The Bertz CT molecular complexity index is 1230. The molecule has 1 atom stereocenters. The largest absolute Gasteiger partial charge is 0.363 e. The van der Waals surface area contributed by atoms with Gasteiger partial charge in [-0.15, -0.1) is 11.3 Å². The molecule has 30 heavy (non-hydrogen) atoms. The van der Waals surface area contributed by atoms with Crippen molar-refractivity contribution < 1.29 is 14.4 Å². The van der Waals surface area contributed by atoms with Crippen LogP contribution in [0, 0.1) is 0 Å². The molecule has 0 spiro atoms. The van der Waals surface area contributed by atoms with Crippen molar-refractivity contribution in [3.05, 3.63) is 71.4 Å². The smallest absolute Gasteiger partial charge is 0.287 e. The SMILES string of the molecule is NC(=O)C(=O)C(Cc1csc2ccccc12)NC(=O)c1c[nH]nc1-c1ccccn1. The number of aromatic nitrogens is 3. The summed E-state index contributed by atoms with van der Waals surface area (Å²) in [6, 6.07) is 11.9. The number of nitrogens with one attached hydrogen (secondary N) is 2. The number of nitrogens with zero attached hydrogens (tertiary/aromatic N) is 2. The lowest BCUT2D eigenvalue weighted by Crippen LogP contribution is -2.47. The molecule has 0 aliphatic rings. The summed E-state index contributed by atoms with van der Waals surface area (Å²) in [5, 5.41) is 12.3. The lowest BCUT2D eigenvalue weighted by atomic mass is 10.0. The molecule has 0 aliphatic heterocycles. The third kappa shape index (κ3) is 3.83. The minimum absolute atomic E-state index is 0.147. The summed E-state index contributed by atoms with van der Waals surface area (Å²) >= 11 is 1.53. The van der Waals surface area contributed by atoms with E-state index >= 15 is 0 Å². The Balaban J connectivity index is 1.62. The molecule has 0 saturated carbocycles. The van der Waals surface area contributed by atoms with Crippen LogP contribution >= 0.6 is 11.3 Å². The number of pyridine rings is 1. The van der Waals surface area contributed by atoms with E-state index in [1.807, 2.05) is 29.6 Å². The van der Waals surface area contributed by atoms with Gasteiger partial charge in [-0.1, -0.05) is 24.3 Å². The highest BCUT2D eigenvalue weighted by Crippen LogP contribution is 2.27. The molecular formula is C21H17N5O3S. The van der Waals surface area contributed by atoms with Crippen LogP contribution in [0.3, 0.4) is 0 Å². The zero-order valence-corrected chi connectivity index (χ0v) is 16.5. The van der Waals surface area contributed by atoms with Crippen molar-refractivity contribution in [2.75, 3.05) is 0 Å². The van der Waals surface area contributed by atoms with Crippen molar-refractivity contribution in [3.8, 4) is 11.4 Å². The second-order valence-electron chi connectivity index (χ2n) is 6.58. The molecule has 4 N–H and O–H groups in total. The van der Waals surface area contributed by atoms with Crippen LogP contribution in [0.25, 0.3) is 21.5 Å². The standard InChI is InChI=1S/C21H17N5O3S/c22-20(28)19(27)16(9-12-11-30-17-7-2-1-5-13(12)17)25-21(29)14-10-24-26-18(14)15-6-3-4-8-23-15/h1-8,10-11,16H,9H2,(H2,22,28)(H,24,26)(H,25,29). The van der Waals surface area contributed by atoms with Gasteiger partial charge < -0.3 is 11.1 Å². The van der Waals surface area contributed by atoms with Gasteiger partial charge in [0.15, 0.2) is 0 Å². The van der Waals surface area contributed by atoms with Gasteiger partial charge in [0, 0.05) is 23.5 Å². The number of carbonyl (C=O) groups is 3. The number of rotatable bonds is 7. The summed E-state index contributed by atoms with van der Waals surface area (Å²) in [4.78, 5) is 41.2. The Morgan fingerprint density at radius 2 is 1.93 bits per heavy atom. The molecule has 150 valence electrons. The van der Waals surface area contributed by atoms with E-state index in [0.717, 1.165) is 15.6 Å². The maximum Gasteiger partial charge on any atom is 0.287 e. The fourth-order valence-electron chi connectivity index (χ4n) is 3.19. The molecule has 0 radical (unpaired) electrons. The Hall–Kier alpha value is -3.85. The Kier molecular flexibility index (Phi) is 5.36. The zero-order chi connectivity index (χ0) is 21.1. The molecule has 0 bridgehead atoms. The molecule has 1 unspecified atom stereocenters.